The predicted octanol–water partition coefficient (Wildman–Crippen LogP) is 4.06. The molecule has 0 amide bonds. The molecule has 0 radical (unpaired) electrons. The molecule has 1 aromatic heterocycles. The quantitative estimate of drug-likeness (QED) is 0.490. The summed E-state index contributed by atoms with van der Waals surface area (Å²) in [4.78, 5) is 12.4. The normalized spacial score (nSPS) is 12.5. The molecule has 0 spiro atoms. The Bertz CT molecular complexity index is 912. The lowest BCUT2D eigenvalue weighted by atomic mass is 10.1. The fraction of sp³-hybridized carbons (Fsp3) is 0.211. The molecule has 3 aromatic rings. The first-order valence-electron chi connectivity index (χ1n) is 8.31. The van der Waals surface area contributed by atoms with Crippen LogP contribution in [0.5, 0.6) is 5.75 Å². The lowest BCUT2D eigenvalue weighted by Gasteiger charge is -2.02. The lowest BCUT2D eigenvalue weighted by Crippen LogP contribution is -2.02. The molecule has 26 heavy (non-hydrogen) atoms. The summed E-state index contributed by atoms with van der Waals surface area (Å²) < 4.78 is 6.27. The first-order chi connectivity index (χ1) is 12.8. The van der Waals surface area contributed by atoms with E-state index in [1.807, 2.05) is 36.4 Å². The summed E-state index contributed by atoms with van der Waals surface area (Å²) in [5.74, 6) is 1.35. The Balaban J connectivity index is 1.31. The highest BCUT2D eigenvalue weighted by atomic mass is 32.2. The summed E-state index contributed by atoms with van der Waals surface area (Å²) in [7, 11) is 0. The molecule has 0 saturated carbocycles. The number of ketones is 1. The average Bonchev–Trinajstić information content (AvgIpc) is 3.33. The van der Waals surface area contributed by atoms with Gasteiger partial charge in [0.25, 0.3) is 0 Å². The third kappa shape index (κ3) is 4.05. The Kier molecular flexibility index (Phi) is 5.17. The van der Waals surface area contributed by atoms with Crippen molar-refractivity contribution >= 4 is 34.0 Å². The largest absolute Gasteiger partial charge is 0.493 e. The van der Waals surface area contributed by atoms with Gasteiger partial charge in [0.2, 0.25) is 5.13 Å². The number of nitrogens with one attached hydrogen (secondary N) is 1. The van der Waals surface area contributed by atoms with Crippen LogP contribution < -0.4 is 10.1 Å². The number of carbonyl (C=O) groups is 1. The highest BCUT2D eigenvalue weighted by Crippen LogP contribution is 2.29. The van der Waals surface area contributed by atoms with Crippen LogP contribution in [-0.2, 0) is 13.0 Å². The number of hydrogen-bond acceptors (Lipinski definition) is 7. The van der Waals surface area contributed by atoms with Crippen molar-refractivity contribution in [2.75, 3.05) is 17.7 Å². The molecule has 0 aliphatic carbocycles. The topological polar surface area (TPSA) is 64.1 Å². The second-order valence-corrected chi connectivity index (χ2v) is 8.05. The van der Waals surface area contributed by atoms with Crippen LogP contribution >= 0.6 is 23.1 Å². The monoisotopic (exact) mass is 383 g/mol. The molecule has 0 bridgehead atoms. The van der Waals surface area contributed by atoms with Crippen molar-refractivity contribution in [1.82, 2.24) is 10.2 Å². The summed E-state index contributed by atoms with van der Waals surface area (Å²) in [6, 6.07) is 15.8. The summed E-state index contributed by atoms with van der Waals surface area (Å²) in [6.07, 6.45) is 0.871. The maximum atomic E-state index is 12.4. The van der Waals surface area contributed by atoms with Crippen LogP contribution in [0.4, 0.5) is 5.13 Å². The third-order valence-electron chi connectivity index (χ3n) is 4.03. The molecule has 0 atom stereocenters. The van der Waals surface area contributed by atoms with Crippen molar-refractivity contribution in [1.29, 1.82) is 0 Å². The summed E-state index contributed by atoms with van der Waals surface area (Å²) >= 11 is 2.89. The molecular weight excluding hydrogens is 366 g/mol. The second kappa shape index (κ2) is 7.88. The van der Waals surface area contributed by atoms with Gasteiger partial charge in [0.1, 0.15) is 5.75 Å². The SMILES string of the molecule is O=C(CSc1nnc(NCc2ccccc2)s1)c1ccc2c(c1)CCO2. The molecule has 2 aromatic carbocycles. The Hall–Kier alpha value is -2.38. The second-order valence-electron chi connectivity index (χ2n) is 5.85. The number of hydrogen-bond donors (Lipinski definition) is 1. The molecule has 1 N–H and O–H groups in total. The van der Waals surface area contributed by atoms with Gasteiger partial charge >= 0.3 is 0 Å². The van der Waals surface area contributed by atoms with Gasteiger partial charge in [0.05, 0.1) is 12.4 Å². The van der Waals surface area contributed by atoms with E-state index in [0.29, 0.717) is 18.9 Å². The van der Waals surface area contributed by atoms with Crippen molar-refractivity contribution in [3.8, 4) is 5.75 Å². The Morgan fingerprint density at radius 3 is 2.96 bits per heavy atom. The van der Waals surface area contributed by atoms with E-state index in [2.05, 4.69) is 27.6 Å². The van der Waals surface area contributed by atoms with Gasteiger partial charge in [0.15, 0.2) is 10.1 Å². The highest BCUT2D eigenvalue weighted by molar-refractivity contribution is 8.01. The zero-order valence-corrected chi connectivity index (χ0v) is 15.6. The molecule has 2 heterocycles. The van der Waals surface area contributed by atoms with Gasteiger partial charge in [-0.3, -0.25) is 4.79 Å². The first-order valence-corrected chi connectivity index (χ1v) is 10.1. The van der Waals surface area contributed by atoms with Gasteiger partial charge < -0.3 is 10.1 Å². The number of ether oxygens (including phenoxy) is 1. The minimum Gasteiger partial charge on any atom is -0.493 e. The Labute approximate surface area is 159 Å². The van der Waals surface area contributed by atoms with Crippen molar-refractivity contribution < 1.29 is 9.53 Å². The van der Waals surface area contributed by atoms with Crippen molar-refractivity contribution in [2.24, 2.45) is 0 Å². The minimum atomic E-state index is 0.0960. The van der Waals surface area contributed by atoms with Gasteiger partial charge in [-0.05, 0) is 29.3 Å². The van der Waals surface area contributed by atoms with E-state index in [4.69, 9.17) is 4.74 Å². The van der Waals surface area contributed by atoms with E-state index in [1.165, 1.54) is 28.7 Å². The van der Waals surface area contributed by atoms with Gasteiger partial charge in [-0.2, -0.15) is 0 Å². The van der Waals surface area contributed by atoms with E-state index in [0.717, 1.165) is 32.8 Å². The molecule has 0 fully saturated rings. The number of Topliss-reactive ketones (excluding diaryl/α,β-unsaturated/α-hetero) is 1. The van der Waals surface area contributed by atoms with Gasteiger partial charge in [-0.1, -0.05) is 53.4 Å². The van der Waals surface area contributed by atoms with Crippen LogP contribution in [0.2, 0.25) is 0 Å². The number of anilines is 1. The Morgan fingerprint density at radius 1 is 1.19 bits per heavy atom. The van der Waals surface area contributed by atoms with Crippen LogP contribution in [0.25, 0.3) is 0 Å². The first kappa shape index (κ1) is 17.1. The van der Waals surface area contributed by atoms with E-state index in [1.54, 1.807) is 0 Å². The van der Waals surface area contributed by atoms with Crippen LogP contribution in [-0.4, -0.2) is 28.3 Å². The molecular formula is C19H17N3O2S2. The number of thioether (sulfide) groups is 1. The lowest BCUT2D eigenvalue weighted by molar-refractivity contribution is 0.102. The summed E-state index contributed by atoms with van der Waals surface area (Å²) in [6.45, 7) is 1.40. The van der Waals surface area contributed by atoms with Crippen molar-refractivity contribution in [2.45, 2.75) is 17.3 Å². The fourth-order valence-corrected chi connectivity index (χ4v) is 4.33. The van der Waals surface area contributed by atoms with Gasteiger partial charge in [-0.25, -0.2) is 0 Å². The van der Waals surface area contributed by atoms with Gasteiger partial charge in [-0.15, -0.1) is 10.2 Å². The summed E-state index contributed by atoms with van der Waals surface area (Å²) in [5.41, 5.74) is 3.03. The highest BCUT2D eigenvalue weighted by Gasteiger charge is 2.16. The minimum absolute atomic E-state index is 0.0960. The number of benzene rings is 2. The molecule has 5 nitrogen and oxygen atoms in total. The van der Waals surface area contributed by atoms with E-state index < -0.39 is 0 Å². The molecule has 1 aliphatic heterocycles. The van der Waals surface area contributed by atoms with Crippen LogP contribution in [0.3, 0.4) is 0 Å². The van der Waals surface area contributed by atoms with Gasteiger partial charge in [0, 0.05) is 18.5 Å². The van der Waals surface area contributed by atoms with Crippen LogP contribution in [0.1, 0.15) is 21.5 Å². The molecule has 0 saturated heterocycles. The molecule has 7 heteroatoms. The number of rotatable bonds is 7. The standard InChI is InChI=1S/C19H17N3O2S2/c23-16(14-6-7-17-15(10-14)8-9-24-17)12-25-19-22-21-18(26-19)20-11-13-4-2-1-3-5-13/h1-7,10H,8-9,11-12H2,(H,20,21). The smallest absolute Gasteiger partial charge is 0.206 e. The maximum absolute atomic E-state index is 12.4. The molecule has 132 valence electrons. The third-order valence-corrected chi connectivity index (χ3v) is 6.05. The van der Waals surface area contributed by atoms with Crippen molar-refractivity contribution in [3.63, 3.8) is 0 Å². The Morgan fingerprint density at radius 2 is 2.08 bits per heavy atom. The number of carbonyl (C=O) groups excluding carboxylic acids is 1. The fourth-order valence-electron chi connectivity index (χ4n) is 2.68. The molecule has 4 rings (SSSR count). The number of fused-ring (bicyclic) bond motifs is 1. The van der Waals surface area contributed by atoms with E-state index in [9.17, 15) is 4.79 Å². The van der Waals surface area contributed by atoms with Crippen LogP contribution in [0, 0.1) is 0 Å². The zero-order valence-electron chi connectivity index (χ0n) is 14.0. The summed E-state index contributed by atoms with van der Waals surface area (Å²) in [5, 5.41) is 12.3. The maximum Gasteiger partial charge on any atom is 0.206 e. The zero-order chi connectivity index (χ0) is 17.8. The van der Waals surface area contributed by atoms with Crippen LogP contribution in [0.15, 0.2) is 52.9 Å². The average molecular weight is 383 g/mol. The molecule has 0 unspecified atom stereocenters. The predicted molar refractivity (Wildman–Crippen MR) is 104 cm³/mol. The van der Waals surface area contributed by atoms with E-state index in [-0.39, 0.29) is 5.78 Å². The van der Waals surface area contributed by atoms with Crippen molar-refractivity contribution in [3.05, 3.63) is 65.2 Å². The molecule has 1 aliphatic rings. The number of nitrogens with zero attached hydrogens (tertiary/aromatic N) is 2. The van der Waals surface area contributed by atoms with E-state index >= 15 is 0 Å². The number of aromatic nitrogens is 2.